The van der Waals surface area contributed by atoms with Crippen LogP contribution in [0.15, 0.2) is 12.7 Å². The van der Waals surface area contributed by atoms with E-state index in [4.69, 9.17) is 0 Å². The van der Waals surface area contributed by atoms with E-state index in [0.717, 1.165) is 6.08 Å². The van der Waals surface area contributed by atoms with Crippen molar-refractivity contribution in [1.82, 2.24) is 5.32 Å². The van der Waals surface area contributed by atoms with Gasteiger partial charge >= 0.3 is 0 Å². The lowest BCUT2D eigenvalue weighted by molar-refractivity contribution is -0.117. The van der Waals surface area contributed by atoms with E-state index in [1.807, 2.05) is 0 Å². The van der Waals surface area contributed by atoms with Crippen molar-refractivity contribution in [2.45, 2.75) is 44.9 Å². The van der Waals surface area contributed by atoms with Gasteiger partial charge in [-0.1, -0.05) is 13.5 Å². The highest BCUT2D eigenvalue weighted by Crippen LogP contribution is 2.15. The molecule has 0 aromatic rings. The third kappa shape index (κ3) is 6.49. The minimum absolute atomic E-state index is 0.231. The minimum atomic E-state index is -4.34. The molecular formula is C11H21NO6S2. The lowest BCUT2D eigenvalue weighted by Gasteiger charge is -2.25. The van der Waals surface area contributed by atoms with Crippen molar-refractivity contribution in [3.8, 4) is 0 Å². The maximum atomic E-state index is 11.8. The standard InChI is InChI=1S/C11H21NO6S2/c1-6-9(3)20(16,17)18-19(14,15)8-11(4,5)12-10(13)7-2/h7,9H,2,6,8H2,1,3-5H3,(H,12,13). The molecule has 0 saturated carbocycles. The molecule has 0 aliphatic carbocycles. The van der Waals surface area contributed by atoms with Crippen molar-refractivity contribution in [2.24, 2.45) is 0 Å². The van der Waals surface area contributed by atoms with E-state index in [0.29, 0.717) is 0 Å². The number of hydrogen-bond acceptors (Lipinski definition) is 6. The topological polar surface area (TPSA) is 107 Å². The zero-order valence-corrected chi connectivity index (χ0v) is 13.7. The van der Waals surface area contributed by atoms with Gasteiger partial charge in [-0.3, -0.25) is 4.79 Å². The van der Waals surface area contributed by atoms with Gasteiger partial charge in [0.15, 0.2) is 0 Å². The summed E-state index contributed by atoms with van der Waals surface area (Å²) in [6.07, 6.45) is 1.22. The van der Waals surface area contributed by atoms with Crippen LogP contribution in [0, 0.1) is 0 Å². The third-order valence-corrected chi connectivity index (χ3v) is 6.43. The molecule has 0 aliphatic rings. The molecule has 118 valence electrons. The fourth-order valence-electron chi connectivity index (χ4n) is 1.30. The second-order valence-corrected chi connectivity index (χ2v) is 8.80. The summed E-state index contributed by atoms with van der Waals surface area (Å²) >= 11 is 0. The molecule has 0 aliphatic heterocycles. The predicted molar refractivity (Wildman–Crippen MR) is 76.0 cm³/mol. The van der Waals surface area contributed by atoms with Crippen molar-refractivity contribution in [2.75, 3.05) is 5.75 Å². The van der Waals surface area contributed by atoms with Gasteiger partial charge < -0.3 is 5.32 Å². The van der Waals surface area contributed by atoms with Crippen molar-refractivity contribution in [3.63, 3.8) is 0 Å². The maximum absolute atomic E-state index is 11.8. The van der Waals surface area contributed by atoms with Crippen molar-refractivity contribution in [1.29, 1.82) is 0 Å². The van der Waals surface area contributed by atoms with Gasteiger partial charge in [0, 0.05) is 0 Å². The molecule has 0 spiro atoms. The number of carbonyl (C=O) groups excluding carboxylic acids is 1. The first-order valence-electron chi connectivity index (χ1n) is 5.97. The van der Waals surface area contributed by atoms with Crippen LogP contribution in [0.4, 0.5) is 0 Å². The summed E-state index contributed by atoms with van der Waals surface area (Å²) in [6, 6.07) is 0. The Morgan fingerprint density at radius 3 is 2.25 bits per heavy atom. The van der Waals surface area contributed by atoms with Crippen LogP contribution in [0.2, 0.25) is 0 Å². The molecule has 1 N–H and O–H groups in total. The molecule has 1 amide bonds. The quantitative estimate of drug-likeness (QED) is 0.652. The number of rotatable bonds is 8. The summed E-state index contributed by atoms with van der Waals surface area (Å²) in [5.74, 6) is -1.23. The summed E-state index contributed by atoms with van der Waals surface area (Å²) in [4.78, 5) is 11.2. The van der Waals surface area contributed by atoms with Crippen molar-refractivity contribution >= 4 is 26.1 Å². The van der Waals surface area contributed by atoms with Crippen LogP contribution in [-0.2, 0) is 28.7 Å². The van der Waals surface area contributed by atoms with Gasteiger partial charge in [-0.05, 0) is 33.3 Å². The number of carbonyl (C=O) groups is 1. The van der Waals surface area contributed by atoms with Gasteiger partial charge in [-0.15, -0.1) is 3.63 Å². The molecular weight excluding hydrogens is 306 g/mol. The fourth-order valence-corrected chi connectivity index (χ4v) is 4.55. The highest BCUT2D eigenvalue weighted by atomic mass is 32.3. The average Bonchev–Trinajstić information content (AvgIpc) is 2.23. The summed E-state index contributed by atoms with van der Waals surface area (Å²) < 4.78 is 51.1. The second kappa shape index (κ2) is 6.68. The second-order valence-electron chi connectivity index (χ2n) is 5.06. The average molecular weight is 327 g/mol. The minimum Gasteiger partial charge on any atom is -0.347 e. The van der Waals surface area contributed by atoms with E-state index < -0.39 is 42.7 Å². The van der Waals surface area contributed by atoms with E-state index in [2.05, 4.69) is 15.5 Å². The molecule has 0 rings (SSSR count). The van der Waals surface area contributed by atoms with Gasteiger partial charge in [0.2, 0.25) is 5.91 Å². The number of hydrogen-bond donors (Lipinski definition) is 1. The molecule has 0 aromatic heterocycles. The van der Waals surface area contributed by atoms with Gasteiger partial charge in [-0.25, -0.2) is 0 Å². The van der Waals surface area contributed by atoms with Crippen LogP contribution in [0.5, 0.6) is 0 Å². The van der Waals surface area contributed by atoms with Crippen LogP contribution >= 0.6 is 0 Å². The predicted octanol–water partition coefficient (Wildman–Crippen LogP) is 0.542. The van der Waals surface area contributed by atoms with Crippen molar-refractivity contribution < 1.29 is 25.3 Å². The molecule has 1 unspecified atom stereocenters. The Balaban J connectivity index is 5.01. The van der Waals surface area contributed by atoms with Crippen LogP contribution in [-0.4, -0.2) is 39.3 Å². The normalized spacial score (nSPS) is 14.6. The fraction of sp³-hybridized carbons (Fsp3) is 0.727. The summed E-state index contributed by atoms with van der Waals surface area (Å²) in [5, 5.41) is 1.45. The lowest BCUT2D eigenvalue weighted by Crippen LogP contribution is -2.48. The molecule has 9 heteroatoms. The van der Waals surface area contributed by atoms with Gasteiger partial charge in [0.05, 0.1) is 16.5 Å². The zero-order chi connectivity index (χ0) is 16.2. The van der Waals surface area contributed by atoms with E-state index in [1.54, 1.807) is 6.92 Å². The highest BCUT2D eigenvalue weighted by molar-refractivity contribution is 8.00. The smallest absolute Gasteiger partial charge is 0.284 e. The molecule has 0 fully saturated rings. The Labute approximate surface area is 120 Å². The van der Waals surface area contributed by atoms with Crippen LogP contribution in [0.1, 0.15) is 34.1 Å². The Morgan fingerprint density at radius 2 is 1.85 bits per heavy atom. The summed E-state index contributed by atoms with van der Waals surface area (Å²) in [5.41, 5.74) is -1.19. The Morgan fingerprint density at radius 1 is 1.35 bits per heavy atom. The highest BCUT2D eigenvalue weighted by Gasteiger charge is 2.33. The first-order chi connectivity index (χ1) is 8.85. The Bertz CT molecular complexity index is 562. The Hall–Kier alpha value is -0.930. The maximum Gasteiger partial charge on any atom is 0.284 e. The molecule has 7 nitrogen and oxygen atoms in total. The number of amides is 1. The van der Waals surface area contributed by atoms with E-state index >= 15 is 0 Å². The van der Waals surface area contributed by atoms with Gasteiger partial charge in [-0.2, -0.15) is 16.8 Å². The molecule has 0 heterocycles. The zero-order valence-electron chi connectivity index (χ0n) is 12.0. The van der Waals surface area contributed by atoms with Crippen LogP contribution < -0.4 is 5.32 Å². The monoisotopic (exact) mass is 327 g/mol. The molecule has 20 heavy (non-hydrogen) atoms. The Kier molecular flexibility index (Phi) is 6.37. The molecule has 0 radical (unpaired) electrons. The third-order valence-electron chi connectivity index (χ3n) is 2.45. The molecule has 0 saturated heterocycles. The molecule has 1 atom stereocenters. The summed E-state index contributed by atoms with van der Waals surface area (Å²) in [6.45, 7) is 9.08. The van der Waals surface area contributed by atoms with E-state index in [1.165, 1.54) is 20.8 Å². The van der Waals surface area contributed by atoms with Gasteiger partial charge in [0.1, 0.15) is 0 Å². The van der Waals surface area contributed by atoms with E-state index in [-0.39, 0.29) is 6.42 Å². The van der Waals surface area contributed by atoms with Crippen molar-refractivity contribution in [3.05, 3.63) is 12.7 Å². The summed E-state index contributed by atoms with van der Waals surface area (Å²) in [7, 11) is -8.54. The molecule has 0 bridgehead atoms. The molecule has 0 aromatic carbocycles. The lowest BCUT2D eigenvalue weighted by atomic mass is 10.1. The number of nitrogens with one attached hydrogen (secondary N) is 1. The largest absolute Gasteiger partial charge is 0.347 e. The van der Waals surface area contributed by atoms with Crippen LogP contribution in [0.3, 0.4) is 0 Å². The van der Waals surface area contributed by atoms with E-state index in [9.17, 15) is 21.6 Å². The first-order valence-corrected chi connectivity index (χ1v) is 9.02. The van der Waals surface area contributed by atoms with Gasteiger partial charge in [0.25, 0.3) is 20.2 Å². The first kappa shape index (κ1) is 19.1. The SMILES string of the molecule is C=CC(=O)NC(C)(C)CS(=O)(=O)OS(=O)(=O)C(C)CC. The van der Waals surface area contributed by atoms with Crippen LogP contribution in [0.25, 0.3) is 0 Å².